The molecule has 1 saturated heterocycles. The third-order valence-electron chi connectivity index (χ3n) is 5.05. The summed E-state index contributed by atoms with van der Waals surface area (Å²) in [5.74, 6) is -0.449. The Morgan fingerprint density at radius 2 is 1.86 bits per heavy atom. The number of ether oxygens (including phenoxy) is 1. The molecule has 1 aromatic rings. The molecule has 1 fully saturated rings. The molecule has 1 aliphatic rings. The van der Waals surface area contributed by atoms with Crippen molar-refractivity contribution < 1.29 is 18.7 Å². The Morgan fingerprint density at radius 3 is 2.45 bits per heavy atom. The van der Waals surface area contributed by atoms with Crippen LogP contribution < -0.4 is 10.6 Å². The van der Waals surface area contributed by atoms with Gasteiger partial charge in [0.1, 0.15) is 11.9 Å². The lowest BCUT2D eigenvalue weighted by Crippen LogP contribution is -2.52. The van der Waals surface area contributed by atoms with Crippen LogP contribution in [0.3, 0.4) is 0 Å². The van der Waals surface area contributed by atoms with Crippen molar-refractivity contribution in [3.63, 3.8) is 0 Å². The molecule has 2 rings (SSSR count). The van der Waals surface area contributed by atoms with E-state index in [0.717, 1.165) is 18.7 Å². The Balaban J connectivity index is 2.07. The minimum absolute atomic E-state index is 0.0397. The van der Waals surface area contributed by atoms with E-state index >= 15 is 0 Å². The maximum absolute atomic E-state index is 13.8. The van der Waals surface area contributed by atoms with Crippen LogP contribution in [0.2, 0.25) is 0 Å². The van der Waals surface area contributed by atoms with E-state index in [1.54, 1.807) is 6.07 Å². The first-order valence-corrected chi connectivity index (χ1v) is 10.4. The number of rotatable bonds is 9. The normalized spacial score (nSPS) is 17.2. The Labute approximate surface area is 173 Å². The minimum atomic E-state index is -0.598. The molecule has 2 N–H and O–H groups in total. The van der Waals surface area contributed by atoms with Crippen molar-refractivity contribution >= 4 is 11.8 Å². The van der Waals surface area contributed by atoms with E-state index in [0.29, 0.717) is 26.2 Å². The second-order valence-electron chi connectivity index (χ2n) is 8.35. The van der Waals surface area contributed by atoms with Gasteiger partial charge >= 0.3 is 0 Å². The topological polar surface area (TPSA) is 70.7 Å². The summed E-state index contributed by atoms with van der Waals surface area (Å²) in [6.07, 6.45) is 0.385. The van der Waals surface area contributed by atoms with Crippen LogP contribution in [0, 0.1) is 17.7 Å². The Bertz CT molecular complexity index is 675. The summed E-state index contributed by atoms with van der Waals surface area (Å²) in [4.78, 5) is 27.2. The van der Waals surface area contributed by atoms with Crippen molar-refractivity contribution in [1.29, 1.82) is 0 Å². The average molecular weight is 408 g/mol. The zero-order valence-electron chi connectivity index (χ0n) is 17.9. The Hall–Kier alpha value is -1.99. The lowest BCUT2D eigenvalue weighted by Gasteiger charge is -2.35. The van der Waals surface area contributed by atoms with Gasteiger partial charge in [0.15, 0.2) is 0 Å². The maximum Gasteiger partial charge on any atom is 0.242 e. The van der Waals surface area contributed by atoms with E-state index in [-0.39, 0.29) is 35.5 Å². The van der Waals surface area contributed by atoms with Gasteiger partial charge in [0.2, 0.25) is 11.8 Å². The highest BCUT2D eigenvalue weighted by Crippen LogP contribution is 2.22. The number of carbonyl (C=O) groups excluding carboxylic acids is 2. The molecule has 1 aliphatic heterocycles. The van der Waals surface area contributed by atoms with Crippen LogP contribution in [0.5, 0.6) is 0 Å². The Morgan fingerprint density at radius 1 is 1.17 bits per heavy atom. The van der Waals surface area contributed by atoms with E-state index in [9.17, 15) is 14.0 Å². The van der Waals surface area contributed by atoms with Gasteiger partial charge in [-0.25, -0.2) is 4.39 Å². The molecule has 0 aromatic heterocycles. The van der Waals surface area contributed by atoms with Crippen molar-refractivity contribution in [2.45, 2.75) is 46.2 Å². The zero-order chi connectivity index (χ0) is 21.4. The summed E-state index contributed by atoms with van der Waals surface area (Å²) in [6, 6.07) is 5.73. The lowest BCUT2D eigenvalue weighted by molar-refractivity contribution is -0.130. The van der Waals surface area contributed by atoms with Crippen LogP contribution in [0.4, 0.5) is 4.39 Å². The summed E-state index contributed by atoms with van der Waals surface area (Å²) < 4.78 is 19.2. The molecule has 162 valence electrons. The van der Waals surface area contributed by atoms with Gasteiger partial charge < -0.3 is 15.4 Å². The molecule has 0 aliphatic carbocycles. The third kappa shape index (κ3) is 7.40. The molecule has 2 atom stereocenters. The molecule has 2 amide bonds. The number of benzene rings is 1. The van der Waals surface area contributed by atoms with Gasteiger partial charge in [-0.05, 0) is 29.5 Å². The molecule has 0 spiro atoms. The molecule has 0 radical (unpaired) electrons. The maximum atomic E-state index is 13.8. The highest BCUT2D eigenvalue weighted by molar-refractivity contribution is 5.87. The highest BCUT2D eigenvalue weighted by atomic mass is 19.1. The monoisotopic (exact) mass is 407 g/mol. The molecule has 2 unspecified atom stereocenters. The molecule has 1 aromatic carbocycles. The molecule has 6 nitrogen and oxygen atoms in total. The molecule has 0 saturated carbocycles. The SMILES string of the molecule is CC(C)CC(=O)NC(C(=O)NCC(c1cccc(F)c1)N1CCOCC1)C(C)C. The molecule has 7 heteroatoms. The average Bonchev–Trinajstić information content (AvgIpc) is 2.66. The van der Waals surface area contributed by atoms with E-state index in [1.807, 2.05) is 33.8 Å². The van der Waals surface area contributed by atoms with Crippen molar-refractivity contribution in [2.75, 3.05) is 32.8 Å². The smallest absolute Gasteiger partial charge is 0.242 e. The van der Waals surface area contributed by atoms with E-state index in [1.165, 1.54) is 12.1 Å². The summed E-state index contributed by atoms with van der Waals surface area (Å²) in [5, 5.41) is 5.83. The fourth-order valence-electron chi connectivity index (χ4n) is 3.51. The number of nitrogens with one attached hydrogen (secondary N) is 2. The van der Waals surface area contributed by atoms with Crippen LogP contribution in [0.1, 0.15) is 45.7 Å². The van der Waals surface area contributed by atoms with Gasteiger partial charge in [0.25, 0.3) is 0 Å². The zero-order valence-corrected chi connectivity index (χ0v) is 17.9. The van der Waals surface area contributed by atoms with Crippen LogP contribution in [0.15, 0.2) is 24.3 Å². The summed E-state index contributed by atoms with van der Waals surface area (Å²) >= 11 is 0. The lowest BCUT2D eigenvalue weighted by atomic mass is 10.0. The fraction of sp³-hybridized carbons (Fsp3) is 0.636. The van der Waals surface area contributed by atoms with Crippen LogP contribution in [-0.4, -0.2) is 55.6 Å². The van der Waals surface area contributed by atoms with Gasteiger partial charge in [0, 0.05) is 26.1 Å². The van der Waals surface area contributed by atoms with Gasteiger partial charge in [-0.3, -0.25) is 14.5 Å². The number of hydrogen-bond acceptors (Lipinski definition) is 4. The first-order chi connectivity index (χ1) is 13.8. The number of amides is 2. The van der Waals surface area contributed by atoms with Crippen LogP contribution in [0.25, 0.3) is 0 Å². The molecule has 29 heavy (non-hydrogen) atoms. The van der Waals surface area contributed by atoms with Crippen molar-refractivity contribution in [2.24, 2.45) is 11.8 Å². The van der Waals surface area contributed by atoms with E-state index in [2.05, 4.69) is 15.5 Å². The number of morpholine rings is 1. The molecular formula is C22H34FN3O3. The first-order valence-electron chi connectivity index (χ1n) is 10.4. The summed E-state index contributed by atoms with van der Waals surface area (Å²) in [6.45, 7) is 10.8. The predicted octanol–water partition coefficient (Wildman–Crippen LogP) is 2.50. The fourth-order valence-corrected chi connectivity index (χ4v) is 3.51. The van der Waals surface area contributed by atoms with Crippen LogP contribution >= 0.6 is 0 Å². The van der Waals surface area contributed by atoms with Gasteiger partial charge in [-0.2, -0.15) is 0 Å². The number of nitrogens with zero attached hydrogens (tertiary/aromatic N) is 1. The number of carbonyl (C=O) groups is 2. The first kappa shape index (κ1) is 23.3. The van der Waals surface area contributed by atoms with Gasteiger partial charge in [0.05, 0.1) is 19.3 Å². The predicted molar refractivity (Wildman–Crippen MR) is 111 cm³/mol. The standard InChI is InChI=1S/C22H34FN3O3/c1-15(2)12-20(27)25-21(16(3)4)22(28)24-14-19(26-8-10-29-11-9-26)17-6-5-7-18(23)13-17/h5-7,13,15-16,19,21H,8-12,14H2,1-4H3,(H,24,28)(H,25,27). The second-order valence-corrected chi connectivity index (χ2v) is 8.35. The van der Waals surface area contributed by atoms with Gasteiger partial charge in [-0.1, -0.05) is 39.8 Å². The van der Waals surface area contributed by atoms with Crippen molar-refractivity contribution in [3.05, 3.63) is 35.6 Å². The third-order valence-corrected chi connectivity index (χ3v) is 5.05. The van der Waals surface area contributed by atoms with Gasteiger partial charge in [-0.15, -0.1) is 0 Å². The van der Waals surface area contributed by atoms with E-state index in [4.69, 9.17) is 4.74 Å². The molecule has 1 heterocycles. The second kappa shape index (κ2) is 11.3. The van der Waals surface area contributed by atoms with Crippen molar-refractivity contribution in [3.8, 4) is 0 Å². The number of hydrogen-bond donors (Lipinski definition) is 2. The quantitative estimate of drug-likeness (QED) is 0.660. The van der Waals surface area contributed by atoms with Crippen LogP contribution in [-0.2, 0) is 14.3 Å². The highest BCUT2D eigenvalue weighted by Gasteiger charge is 2.27. The largest absolute Gasteiger partial charge is 0.379 e. The van der Waals surface area contributed by atoms with E-state index < -0.39 is 6.04 Å². The minimum Gasteiger partial charge on any atom is -0.379 e. The van der Waals surface area contributed by atoms with Crippen molar-refractivity contribution in [1.82, 2.24) is 15.5 Å². The Kier molecular flexibility index (Phi) is 9.04. The molecule has 0 bridgehead atoms. The molecular weight excluding hydrogens is 373 g/mol. The summed E-state index contributed by atoms with van der Waals surface area (Å²) in [5.41, 5.74) is 0.817. The summed E-state index contributed by atoms with van der Waals surface area (Å²) in [7, 11) is 0. The number of halogens is 1.